The fourth-order valence-electron chi connectivity index (χ4n) is 1.31. The molecule has 0 bridgehead atoms. The van der Waals surface area contributed by atoms with Crippen LogP contribution in [0, 0.1) is 0 Å². The SMILES string of the molecule is COc1cc(CSC(=S)N(C)C)cc(OC)c1O. The van der Waals surface area contributed by atoms with Crippen molar-refractivity contribution >= 4 is 28.3 Å². The minimum Gasteiger partial charge on any atom is -0.502 e. The average molecular weight is 287 g/mol. The highest BCUT2D eigenvalue weighted by molar-refractivity contribution is 8.22. The summed E-state index contributed by atoms with van der Waals surface area (Å²) in [7, 11) is 6.84. The van der Waals surface area contributed by atoms with E-state index < -0.39 is 0 Å². The Labute approximate surface area is 117 Å². The normalized spacial score (nSPS) is 10.0. The number of benzene rings is 1. The van der Waals surface area contributed by atoms with Crippen LogP contribution in [0.3, 0.4) is 0 Å². The zero-order valence-corrected chi connectivity index (χ0v) is 12.5. The maximum atomic E-state index is 9.79. The van der Waals surface area contributed by atoms with Crippen molar-refractivity contribution in [3.05, 3.63) is 17.7 Å². The summed E-state index contributed by atoms with van der Waals surface area (Å²) in [6, 6.07) is 3.56. The zero-order chi connectivity index (χ0) is 13.7. The summed E-state index contributed by atoms with van der Waals surface area (Å²) in [5, 5.41) is 9.79. The van der Waals surface area contributed by atoms with Crippen LogP contribution in [0.25, 0.3) is 0 Å². The first kappa shape index (κ1) is 14.9. The fraction of sp³-hybridized carbons (Fsp3) is 0.417. The number of methoxy groups -OCH3 is 2. The lowest BCUT2D eigenvalue weighted by atomic mass is 10.2. The van der Waals surface area contributed by atoms with Crippen LogP contribution in [-0.2, 0) is 5.75 Å². The third-order valence-corrected chi connectivity index (χ3v) is 4.08. The molecule has 6 heteroatoms. The van der Waals surface area contributed by atoms with Gasteiger partial charge >= 0.3 is 0 Å². The Morgan fingerprint density at radius 3 is 2.17 bits per heavy atom. The standard InChI is InChI=1S/C12H17NO3S2/c1-13(2)12(17)18-7-8-5-9(15-3)11(14)10(6-8)16-4/h5-6,14H,7H2,1-4H3. The summed E-state index contributed by atoms with van der Waals surface area (Å²) >= 11 is 6.75. The van der Waals surface area contributed by atoms with Gasteiger partial charge in [-0.05, 0) is 17.7 Å². The van der Waals surface area contributed by atoms with E-state index in [0.717, 1.165) is 9.88 Å². The van der Waals surface area contributed by atoms with Crippen molar-refractivity contribution in [3.63, 3.8) is 0 Å². The summed E-state index contributed by atoms with van der Waals surface area (Å²) in [5.41, 5.74) is 0.982. The maximum absolute atomic E-state index is 9.79. The first-order valence-corrected chi connectivity index (χ1v) is 6.67. The van der Waals surface area contributed by atoms with Gasteiger partial charge in [0, 0.05) is 19.8 Å². The fourth-order valence-corrected chi connectivity index (χ4v) is 2.20. The van der Waals surface area contributed by atoms with Gasteiger partial charge in [-0.3, -0.25) is 0 Å². The Bertz CT molecular complexity index is 410. The molecule has 1 aromatic carbocycles. The van der Waals surface area contributed by atoms with E-state index in [2.05, 4.69) is 0 Å². The molecule has 0 aliphatic carbocycles. The van der Waals surface area contributed by atoms with Crippen molar-refractivity contribution in [2.75, 3.05) is 28.3 Å². The molecule has 0 fully saturated rings. The summed E-state index contributed by atoms with van der Waals surface area (Å²) in [6.07, 6.45) is 0. The lowest BCUT2D eigenvalue weighted by Gasteiger charge is -2.14. The van der Waals surface area contributed by atoms with Gasteiger partial charge in [-0.1, -0.05) is 24.0 Å². The van der Waals surface area contributed by atoms with Gasteiger partial charge in [0.25, 0.3) is 0 Å². The van der Waals surface area contributed by atoms with Crippen LogP contribution < -0.4 is 9.47 Å². The second-order valence-corrected chi connectivity index (χ2v) is 5.41. The zero-order valence-electron chi connectivity index (χ0n) is 10.9. The monoisotopic (exact) mass is 287 g/mol. The minimum absolute atomic E-state index is 0.0175. The van der Waals surface area contributed by atoms with Gasteiger partial charge in [0.1, 0.15) is 4.32 Å². The molecule has 0 atom stereocenters. The van der Waals surface area contributed by atoms with Crippen molar-refractivity contribution in [3.8, 4) is 17.2 Å². The smallest absolute Gasteiger partial charge is 0.200 e. The summed E-state index contributed by atoms with van der Waals surface area (Å²) in [4.78, 5) is 1.88. The van der Waals surface area contributed by atoms with Gasteiger partial charge in [0.2, 0.25) is 5.75 Å². The van der Waals surface area contributed by atoms with Crippen LogP contribution in [0.15, 0.2) is 12.1 Å². The number of nitrogens with zero attached hydrogens (tertiary/aromatic N) is 1. The molecule has 0 aromatic heterocycles. The topological polar surface area (TPSA) is 41.9 Å². The Morgan fingerprint density at radius 1 is 1.28 bits per heavy atom. The lowest BCUT2D eigenvalue weighted by Crippen LogP contribution is -2.16. The first-order chi connectivity index (χ1) is 8.49. The highest BCUT2D eigenvalue weighted by atomic mass is 32.2. The van der Waals surface area contributed by atoms with E-state index in [9.17, 15) is 5.11 Å². The molecule has 1 N–H and O–H groups in total. The van der Waals surface area contributed by atoms with Gasteiger partial charge in [-0.2, -0.15) is 0 Å². The van der Waals surface area contributed by atoms with Crippen molar-refractivity contribution in [2.24, 2.45) is 0 Å². The number of phenolic OH excluding ortho intramolecular Hbond substituents is 1. The number of rotatable bonds is 4. The van der Waals surface area contributed by atoms with Crippen molar-refractivity contribution in [2.45, 2.75) is 5.75 Å². The molecule has 0 heterocycles. The van der Waals surface area contributed by atoms with Crippen LogP contribution in [-0.4, -0.2) is 42.6 Å². The van der Waals surface area contributed by atoms with Crippen LogP contribution in [0.1, 0.15) is 5.56 Å². The predicted molar refractivity (Wildman–Crippen MR) is 78.8 cm³/mol. The summed E-state index contributed by atoms with van der Waals surface area (Å²) in [5.74, 6) is 1.52. The molecule has 4 nitrogen and oxygen atoms in total. The van der Waals surface area contributed by atoms with E-state index in [4.69, 9.17) is 21.7 Å². The Balaban J connectivity index is 2.86. The lowest BCUT2D eigenvalue weighted by molar-refractivity contribution is 0.339. The van der Waals surface area contributed by atoms with Crippen molar-refractivity contribution < 1.29 is 14.6 Å². The molecule has 0 aliphatic heterocycles. The van der Waals surface area contributed by atoms with Gasteiger partial charge in [0.15, 0.2) is 11.5 Å². The van der Waals surface area contributed by atoms with Crippen molar-refractivity contribution in [1.29, 1.82) is 0 Å². The molecule has 1 aromatic rings. The third kappa shape index (κ3) is 3.68. The van der Waals surface area contributed by atoms with Gasteiger partial charge < -0.3 is 19.5 Å². The van der Waals surface area contributed by atoms with E-state index in [1.165, 1.54) is 14.2 Å². The number of thioether (sulfide) groups is 1. The van der Waals surface area contributed by atoms with Gasteiger partial charge in [0.05, 0.1) is 14.2 Å². The Kier molecular flexibility index (Phi) is 5.55. The molecule has 0 spiro atoms. The van der Waals surface area contributed by atoms with E-state index in [-0.39, 0.29) is 5.75 Å². The molecular weight excluding hydrogens is 270 g/mol. The number of hydrogen-bond acceptors (Lipinski definition) is 5. The number of hydrogen-bond donors (Lipinski definition) is 1. The minimum atomic E-state index is 0.0175. The molecule has 1 rings (SSSR count). The molecule has 0 unspecified atom stereocenters. The number of phenols is 1. The highest BCUT2D eigenvalue weighted by Crippen LogP contribution is 2.38. The van der Waals surface area contributed by atoms with Crippen LogP contribution in [0.2, 0.25) is 0 Å². The maximum Gasteiger partial charge on any atom is 0.200 e. The number of ether oxygens (including phenoxy) is 2. The van der Waals surface area contributed by atoms with Gasteiger partial charge in [-0.15, -0.1) is 0 Å². The molecule has 0 amide bonds. The molecule has 18 heavy (non-hydrogen) atoms. The number of thiocarbonyl (C=S) groups is 1. The second kappa shape index (κ2) is 6.70. The molecular formula is C12H17NO3S2. The van der Waals surface area contributed by atoms with E-state index >= 15 is 0 Å². The highest BCUT2D eigenvalue weighted by Gasteiger charge is 2.11. The predicted octanol–water partition coefficient (Wildman–Crippen LogP) is 2.49. The average Bonchev–Trinajstić information content (AvgIpc) is 2.36. The Morgan fingerprint density at radius 2 is 1.78 bits per heavy atom. The molecule has 0 saturated carbocycles. The summed E-state index contributed by atoms with van der Waals surface area (Å²) < 4.78 is 11.0. The van der Waals surface area contributed by atoms with Crippen LogP contribution >= 0.6 is 24.0 Å². The molecule has 0 radical (unpaired) electrons. The second-order valence-electron chi connectivity index (χ2n) is 3.80. The van der Waals surface area contributed by atoms with Gasteiger partial charge in [-0.25, -0.2) is 0 Å². The Hall–Kier alpha value is -1.14. The first-order valence-electron chi connectivity index (χ1n) is 5.27. The molecule has 0 saturated heterocycles. The van der Waals surface area contributed by atoms with Crippen LogP contribution in [0.4, 0.5) is 0 Å². The summed E-state index contributed by atoms with van der Waals surface area (Å²) in [6.45, 7) is 0. The third-order valence-electron chi connectivity index (χ3n) is 2.27. The number of aromatic hydroxyl groups is 1. The largest absolute Gasteiger partial charge is 0.502 e. The quantitative estimate of drug-likeness (QED) is 0.858. The van der Waals surface area contributed by atoms with E-state index in [1.54, 1.807) is 23.9 Å². The van der Waals surface area contributed by atoms with E-state index in [0.29, 0.717) is 17.3 Å². The van der Waals surface area contributed by atoms with Crippen LogP contribution in [0.5, 0.6) is 17.2 Å². The molecule has 0 aliphatic rings. The van der Waals surface area contributed by atoms with E-state index in [1.807, 2.05) is 19.0 Å². The molecule has 100 valence electrons. The van der Waals surface area contributed by atoms with Crippen molar-refractivity contribution in [1.82, 2.24) is 4.90 Å².